The van der Waals surface area contributed by atoms with Gasteiger partial charge in [0.15, 0.2) is 0 Å². The largest absolute Gasteiger partial charge is 0.365 e. The molecule has 1 aliphatic rings. The normalized spacial score (nSPS) is 16.3. The molecular formula is C19H25Cl2N5O2. The Bertz CT molecular complexity index is 786. The predicted molar refractivity (Wildman–Crippen MR) is 114 cm³/mol. The summed E-state index contributed by atoms with van der Waals surface area (Å²) in [6.45, 7) is 5.10. The van der Waals surface area contributed by atoms with Crippen LogP contribution in [0.1, 0.15) is 23.2 Å². The summed E-state index contributed by atoms with van der Waals surface area (Å²) in [7, 11) is 0. The predicted octanol–water partition coefficient (Wildman–Crippen LogP) is 2.83. The molecule has 1 fully saturated rings. The van der Waals surface area contributed by atoms with E-state index in [1.54, 1.807) is 12.4 Å². The molecule has 0 aliphatic carbocycles. The van der Waals surface area contributed by atoms with Crippen LogP contribution in [0.5, 0.6) is 0 Å². The second-order valence-corrected chi connectivity index (χ2v) is 6.49. The molecule has 0 radical (unpaired) electrons. The quantitative estimate of drug-likeness (QED) is 0.374. The zero-order valence-electron chi connectivity index (χ0n) is 15.5. The van der Waals surface area contributed by atoms with Crippen molar-refractivity contribution in [3.8, 4) is 0 Å². The van der Waals surface area contributed by atoms with Gasteiger partial charge in [0.05, 0.1) is 18.1 Å². The highest BCUT2D eigenvalue weighted by atomic mass is 35.5. The van der Waals surface area contributed by atoms with Crippen LogP contribution in [-0.2, 0) is 11.3 Å². The van der Waals surface area contributed by atoms with E-state index < -0.39 is 5.91 Å². The lowest BCUT2D eigenvalue weighted by Gasteiger charge is -2.17. The first-order chi connectivity index (χ1) is 12.6. The topological polar surface area (TPSA) is 90.4 Å². The van der Waals surface area contributed by atoms with Crippen LogP contribution in [-0.4, -0.2) is 45.1 Å². The molecule has 0 unspecified atom stereocenters. The van der Waals surface area contributed by atoms with Gasteiger partial charge in [0.1, 0.15) is 5.82 Å². The highest BCUT2D eigenvalue weighted by molar-refractivity contribution is 5.90. The number of nitrogens with one attached hydrogen (secondary N) is 2. The molecule has 1 aromatic heterocycles. The maximum Gasteiger partial charge on any atom is 0.267 e. The average Bonchev–Trinajstić information content (AvgIpc) is 3.07. The fourth-order valence-corrected chi connectivity index (χ4v) is 3.07. The van der Waals surface area contributed by atoms with Crippen molar-refractivity contribution in [3.05, 3.63) is 59.6 Å². The van der Waals surface area contributed by atoms with Crippen LogP contribution in [0.3, 0.4) is 0 Å². The minimum absolute atomic E-state index is 0. The van der Waals surface area contributed by atoms with Crippen molar-refractivity contribution in [2.75, 3.05) is 18.4 Å². The molecule has 3 N–H and O–H groups in total. The van der Waals surface area contributed by atoms with E-state index in [4.69, 9.17) is 5.21 Å². The molecule has 7 nitrogen and oxygen atoms in total. The standard InChI is InChI=1S/C19H23N5O2.2ClH/c1-14-3-2-4-15(9-14)12-24-8-7-17(13-24)22-18-11-20-16(10-21-18)5-6-19(25)23-26;;/h2-6,9-11,17,26H,7-8,12-13H2,1H3,(H,21,22)(H,23,25);2*1H/b6-5+;;/t17-;;/m1../s1. The molecule has 1 aliphatic heterocycles. The molecule has 2 heterocycles. The van der Waals surface area contributed by atoms with Crippen LogP contribution < -0.4 is 10.8 Å². The molecule has 28 heavy (non-hydrogen) atoms. The lowest BCUT2D eigenvalue weighted by atomic mass is 10.1. The van der Waals surface area contributed by atoms with Gasteiger partial charge in [-0.3, -0.25) is 19.9 Å². The average molecular weight is 426 g/mol. The molecular weight excluding hydrogens is 401 g/mol. The van der Waals surface area contributed by atoms with Gasteiger partial charge >= 0.3 is 0 Å². The number of carbonyl (C=O) groups is 1. The van der Waals surface area contributed by atoms with E-state index in [1.807, 2.05) is 0 Å². The Morgan fingerprint density at radius 2 is 2.14 bits per heavy atom. The third-order valence-electron chi connectivity index (χ3n) is 4.30. The van der Waals surface area contributed by atoms with Gasteiger partial charge in [-0.25, -0.2) is 10.5 Å². The van der Waals surface area contributed by atoms with Gasteiger partial charge in [-0.2, -0.15) is 0 Å². The van der Waals surface area contributed by atoms with E-state index in [0.29, 0.717) is 11.7 Å². The number of hydrogen-bond acceptors (Lipinski definition) is 6. The molecule has 0 bridgehead atoms. The Balaban J connectivity index is 0.00000196. The molecule has 1 aromatic carbocycles. The SMILES string of the molecule is Cc1cccc(CN2CC[C@@H](Nc3cnc(/C=C/C(=O)NO)cn3)C2)c1.Cl.Cl. The highest BCUT2D eigenvalue weighted by Gasteiger charge is 2.22. The van der Waals surface area contributed by atoms with E-state index in [2.05, 4.69) is 51.4 Å². The van der Waals surface area contributed by atoms with Crippen LogP contribution in [0.25, 0.3) is 6.08 Å². The van der Waals surface area contributed by atoms with Crippen molar-refractivity contribution in [1.82, 2.24) is 20.3 Å². The van der Waals surface area contributed by atoms with E-state index in [9.17, 15) is 4.79 Å². The van der Waals surface area contributed by atoms with E-state index in [0.717, 1.165) is 31.9 Å². The smallest absolute Gasteiger partial charge is 0.267 e. The highest BCUT2D eigenvalue weighted by Crippen LogP contribution is 2.17. The first-order valence-electron chi connectivity index (χ1n) is 8.61. The summed E-state index contributed by atoms with van der Waals surface area (Å²) in [5.74, 6) is 0.116. The number of halogens is 2. The van der Waals surface area contributed by atoms with Crippen molar-refractivity contribution >= 4 is 42.6 Å². The molecule has 3 rings (SSSR count). The number of rotatable bonds is 6. The third-order valence-corrected chi connectivity index (χ3v) is 4.30. The van der Waals surface area contributed by atoms with Gasteiger partial charge in [-0.1, -0.05) is 29.8 Å². The Kier molecular flexibility index (Phi) is 9.89. The molecule has 1 amide bonds. The monoisotopic (exact) mass is 425 g/mol. The maximum absolute atomic E-state index is 10.9. The number of hydroxylamine groups is 1. The number of benzene rings is 1. The fourth-order valence-electron chi connectivity index (χ4n) is 3.07. The van der Waals surface area contributed by atoms with Gasteiger partial charge in [-0.15, -0.1) is 24.8 Å². The summed E-state index contributed by atoms with van der Waals surface area (Å²) in [4.78, 5) is 21.9. The van der Waals surface area contributed by atoms with Gasteiger partial charge < -0.3 is 5.32 Å². The number of likely N-dealkylation sites (tertiary alicyclic amines) is 1. The summed E-state index contributed by atoms with van der Waals surface area (Å²) in [6.07, 6.45) is 6.98. The zero-order valence-corrected chi connectivity index (χ0v) is 17.2. The van der Waals surface area contributed by atoms with Crippen LogP contribution in [0, 0.1) is 6.92 Å². The maximum atomic E-state index is 10.9. The van der Waals surface area contributed by atoms with E-state index >= 15 is 0 Å². The molecule has 9 heteroatoms. The number of aryl methyl sites for hydroxylation is 1. The molecule has 152 valence electrons. The van der Waals surface area contributed by atoms with Crippen molar-refractivity contribution in [2.45, 2.75) is 25.9 Å². The van der Waals surface area contributed by atoms with Crippen LogP contribution in [0.2, 0.25) is 0 Å². The summed E-state index contributed by atoms with van der Waals surface area (Å²) >= 11 is 0. The Labute approximate surface area is 177 Å². The summed E-state index contributed by atoms with van der Waals surface area (Å²) in [6, 6.07) is 8.96. The van der Waals surface area contributed by atoms with Gasteiger partial charge in [0.2, 0.25) is 0 Å². The third kappa shape index (κ3) is 7.09. The molecule has 0 saturated carbocycles. The summed E-state index contributed by atoms with van der Waals surface area (Å²) < 4.78 is 0. The number of carbonyl (C=O) groups excluding carboxylic acids is 1. The van der Waals surface area contributed by atoms with Crippen molar-refractivity contribution in [3.63, 3.8) is 0 Å². The van der Waals surface area contributed by atoms with Crippen molar-refractivity contribution in [1.29, 1.82) is 0 Å². The molecule has 0 spiro atoms. The van der Waals surface area contributed by atoms with E-state index in [1.165, 1.54) is 28.8 Å². The molecule has 1 saturated heterocycles. The van der Waals surface area contributed by atoms with E-state index in [-0.39, 0.29) is 24.8 Å². The second-order valence-electron chi connectivity index (χ2n) is 6.49. The minimum atomic E-state index is -0.603. The van der Waals surface area contributed by atoms with Gasteiger partial charge in [0.25, 0.3) is 5.91 Å². The van der Waals surface area contributed by atoms with Crippen molar-refractivity contribution in [2.24, 2.45) is 0 Å². The number of aromatic nitrogens is 2. The number of nitrogens with zero attached hydrogens (tertiary/aromatic N) is 3. The Morgan fingerprint density at radius 3 is 2.82 bits per heavy atom. The summed E-state index contributed by atoms with van der Waals surface area (Å²) in [5.41, 5.74) is 4.71. The molecule has 2 aromatic rings. The second kappa shape index (κ2) is 11.6. The number of hydrogen-bond donors (Lipinski definition) is 3. The first-order valence-corrected chi connectivity index (χ1v) is 8.61. The zero-order chi connectivity index (χ0) is 18.4. The minimum Gasteiger partial charge on any atom is -0.365 e. The Hall–Kier alpha value is -2.19. The summed E-state index contributed by atoms with van der Waals surface area (Å²) in [5, 5.41) is 11.9. The van der Waals surface area contributed by atoms with Gasteiger partial charge in [0, 0.05) is 31.8 Å². The Morgan fingerprint density at radius 1 is 1.32 bits per heavy atom. The van der Waals surface area contributed by atoms with Gasteiger partial charge in [-0.05, 0) is 25.0 Å². The lowest BCUT2D eigenvalue weighted by Crippen LogP contribution is -2.26. The lowest BCUT2D eigenvalue weighted by molar-refractivity contribution is -0.124. The fraction of sp³-hybridized carbons (Fsp3) is 0.316. The molecule has 1 atom stereocenters. The first kappa shape index (κ1) is 23.8. The van der Waals surface area contributed by atoms with Crippen LogP contribution in [0.4, 0.5) is 5.82 Å². The van der Waals surface area contributed by atoms with Crippen LogP contribution >= 0.6 is 24.8 Å². The number of amides is 1. The van der Waals surface area contributed by atoms with Crippen molar-refractivity contribution < 1.29 is 10.0 Å². The number of anilines is 1. The van der Waals surface area contributed by atoms with Crippen LogP contribution in [0.15, 0.2) is 42.7 Å².